The van der Waals surface area contributed by atoms with Gasteiger partial charge in [-0.2, -0.15) is 5.10 Å². The Hall–Kier alpha value is -2.14. The minimum absolute atomic E-state index is 0.452. The van der Waals surface area contributed by atoms with Crippen LogP contribution in [0.1, 0.15) is 24.7 Å². The number of aryl methyl sites for hydroxylation is 2. The summed E-state index contributed by atoms with van der Waals surface area (Å²) in [7, 11) is 0. The van der Waals surface area contributed by atoms with E-state index in [4.69, 9.17) is 0 Å². The Labute approximate surface area is 124 Å². The number of hydrogen-bond donors (Lipinski definition) is 2. The number of benzene rings is 1. The second kappa shape index (κ2) is 6.10. The number of fused-ring (bicyclic) bond motifs is 1. The molecule has 0 amide bonds. The number of hydrogen-bond acceptors (Lipinski definition) is 3. The van der Waals surface area contributed by atoms with Crippen molar-refractivity contribution in [3.63, 3.8) is 0 Å². The molecule has 0 saturated heterocycles. The van der Waals surface area contributed by atoms with Crippen molar-refractivity contribution in [3.05, 3.63) is 48.0 Å². The zero-order valence-electron chi connectivity index (χ0n) is 12.5. The lowest BCUT2D eigenvalue weighted by Crippen LogP contribution is -2.26. The molecular weight excluding hydrogens is 262 g/mol. The maximum absolute atomic E-state index is 4.42. The average Bonchev–Trinajstić information content (AvgIpc) is 3.10. The standard InChI is InChI=1S/C16H21N5/c1-12(6-9-21-8-3-7-18-21)17-11-14-4-5-15-16(10-14)20-13(2)19-15/h3-5,7-8,10,12,17H,6,9,11H2,1-2H3,(H,19,20). The summed E-state index contributed by atoms with van der Waals surface area (Å²) in [5, 5.41) is 7.78. The van der Waals surface area contributed by atoms with Gasteiger partial charge < -0.3 is 10.3 Å². The topological polar surface area (TPSA) is 58.5 Å². The van der Waals surface area contributed by atoms with E-state index in [1.165, 1.54) is 5.56 Å². The number of nitrogens with zero attached hydrogens (tertiary/aromatic N) is 3. The van der Waals surface area contributed by atoms with Crippen molar-refractivity contribution in [3.8, 4) is 0 Å². The summed E-state index contributed by atoms with van der Waals surface area (Å²) in [6.45, 7) is 6.01. The molecule has 110 valence electrons. The third-order valence-corrected chi connectivity index (χ3v) is 3.67. The number of rotatable bonds is 6. The van der Waals surface area contributed by atoms with Gasteiger partial charge in [-0.15, -0.1) is 0 Å². The van der Waals surface area contributed by atoms with Crippen LogP contribution in [0.2, 0.25) is 0 Å². The van der Waals surface area contributed by atoms with Gasteiger partial charge in [0.05, 0.1) is 11.0 Å². The molecule has 5 heteroatoms. The predicted octanol–water partition coefficient (Wildman–Crippen LogP) is 2.64. The third-order valence-electron chi connectivity index (χ3n) is 3.67. The Morgan fingerprint density at radius 3 is 3.10 bits per heavy atom. The SMILES string of the molecule is Cc1nc2ccc(CNC(C)CCn3cccn3)cc2[nH]1. The molecule has 1 unspecified atom stereocenters. The zero-order valence-corrected chi connectivity index (χ0v) is 12.5. The van der Waals surface area contributed by atoms with Gasteiger partial charge in [0, 0.05) is 31.5 Å². The van der Waals surface area contributed by atoms with Crippen molar-refractivity contribution >= 4 is 11.0 Å². The minimum Gasteiger partial charge on any atom is -0.342 e. The van der Waals surface area contributed by atoms with E-state index in [-0.39, 0.29) is 0 Å². The van der Waals surface area contributed by atoms with Gasteiger partial charge in [0.15, 0.2) is 0 Å². The van der Waals surface area contributed by atoms with E-state index in [1.807, 2.05) is 30.1 Å². The minimum atomic E-state index is 0.452. The lowest BCUT2D eigenvalue weighted by atomic mass is 10.1. The molecule has 1 aromatic carbocycles. The van der Waals surface area contributed by atoms with Crippen LogP contribution in [0.4, 0.5) is 0 Å². The maximum Gasteiger partial charge on any atom is 0.104 e. The summed E-state index contributed by atoms with van der Waals surface area (Å²) < 4.78 is 1.97. The number of imidazole rings is 1. The fourth-order valence-corrected chi connectivity index (χ4v) is 2.45. The second-order valence-electron chi connectivity index (χ2n) is 5.51. The van der Waals surface area contributed by atoms with Crippen LogP contribution >= 0.6 is 0 Å². The molecule has 0 aliphatic carbocycles. The molecule has 3 aromatic rings. The summed E-state index contributed by atoms with van der Waals surface area (Å²) in [6, 6.07) is 8.79. The van der Waals surface area contributed by atoms with Crippen LogP contribution in [0.3, 0.4) is 0 Å². The van der Waals surface area contributed by atoms with E-state index in [9.17, 15) is 0 Å². The molecule has 21 heavy (non-hydrogen) atoms. The molecule has 0 radical (unpaired) electrons. The summed E-state index contributed by atoms with van der Waals surface area (Å²) in [5.41, 5.74) is 3.41. The quantitative estimate of drug-likeness (QED) is 0.731. The Bertz CT molecular complexity index is 699. The van der Waals surface area contributed by atoms with Crippen molar-refractivity contribution in [1.29, 1.82) is 0 Å². The first-order valence-electron chi connectivity index (χ1n) is 7.37. The van der Waals surface area contributed by atoms with Crippen molar-refractivity contribution < 1.29 is 0 Å². The van der Waals surface area contributed by atoms with E-state index in [0.29, 0.717) is 6.04 Å². The van der Waals surface area contributed by atoms with Crippen LogP contribution in [0.5, 0.6) is 0 Å². The summed E-state index contributed by atoms with van der Waals surface area (Å²) in [5.74, 6) is 0.961. The number of aromatic amines is 1. The molecule has 3 rings (SSSR count). The summed E-state index contributed by atoms with van der Waals surface area (Å²) in [6.07, 6.45) is 4.88. The summed E-state index contributed by atoms with van der Waals surface area (Å²) >= 11 is 0. The lowest BCUT2D eigenvalue weighted by molar-refractivity contribution is 0.458. The molecule has 2 N–H and O–H groups in total. The molecule has 0 saturated carbocycles. The van der Waals surface area contributed by atoms with E-state index in [2.05, 4.69) is 45.5 Å². The highest BCUT2D eigenvalue weighted by molar-refractivity contribution is 5.75. The normalized spacial score (nSPS) is 12.9. The number of nitrogens with one attached hydrogen (secondary N) is 2. The second-order valence-corrected chi connectivity index (χ2v) is 5.51. The van der Waals surface area contributed by atoms with Crippen molar-refractivity contribution in [2.75, 3.05) is 0 Å². The average molecular weight is 283 g/mol. The smallest absolute Gasteiger partial charge is 0.104 e. The van der Waals surface area contributed by atoms with Gasteiger partial charge in [0.1, 0.15) is 5.82 Å². The molecular formula is C16H21N5. The van der Waals surface area contributed by atoms with E-state index < -0.39 is 0 Å². The van der Waals surface area contributed by atoms with Crippen molar-refractivity contribution in [2.45, 2.75) is 39.4 Å². The molecule has 5 nitrogen and oxygen atoms in total. The Balaban J connectivity index is 1.53. The van der Waals surface area contributed by atoms with Gasteiger partial charge in [-0.1, -0.05) is 6.07 Å². The van der Waals surface area contributed by atoms with E-state index in [1.54, 1.807) is 0 Å². The van der Waals surface area contributed by atoms with Crippen LogP contribution in [0.25, 0.3) is 11.0 Å². The van der Waals surface area contributed by atoms with Gasteiger partial charge in [-0.25, -0.2) is 4.98 Å². The lowest BCUT2D eigenvalue weighted by Gasteiger charge is -2.13. The Morgan fingerprint density at radius 2 is 2.29 bits per heavy atom. The van der Waals surface area contributed by atoms with Crippen LogP contribution in [0.15, 0.2) is 36.7 Å². The highest BCUT2D eigenvalue weighted by Crippen LogP contribution is 2.13. The van der Waals surface area contributed by atoms with Gasteiger partial charge in [-0.3, -0.25) is 4.68 Å². The summed E-state index contributed by atoms with van der Waals surface area (Å²) in [4.78, 5) is 7.70. The van der Waals surface area contributed by atoms with Crippen LogP contribution in [0, 0.1) is 6.92 Å². The first-order chi connectivity index (χ1) is 10.2. The van der Waals surface area contributed by atoms with Crippen molar-refractivity contribution in [1.82, 2.24) is 25.1 Å². The van der Waals surface area contributed by atoms with Gasteiger partial charge in [-0.05, 0) is 44.0 Å². The van der Waals surface area contributed by atoms with E-state index >= 15 is 0 Å². The molecule has 1 atom stereocenters. The first-order valence-corrected chi connectivity index (χ1v) is 7.37. The molecule has 0 fully saturated rings. The monoisotopic (exact) mass is 283 g/mol. The van der Waals surface area contributed by atoms with Crippen molar-refractivity contribution in [2.24, 2.45) is 0 Å². The molecule has 0 aliphatic heterocycles. The maximum atomic E-state index is 4.42. The van der Waals surface area contributed by atoms with Crippen LogP contribution < -0.4 is 5.32 Å². The highest BCUT2D eigenvalue weighted by Gasteiger charge is 2.04. The fourth-order valence-electron chi connectivity index (χ4n) is 2.45. The van der Waals surface area contributed by atoms with Crippen LogP contribution in [-0.2, 0) is 13.1 Å². The van der Waals surface area contributed by atoms with Gasteiger partial charge in [0.25, 0.3) is 0 Å². The Kier molecular flexibility index (Phi) is 4.01. The molecule has 2 aromatic heterocycles. The van der Waals surface area contributed by atoms with Crippen LogP contribution in [-0.4, -0.2) is 25.8 Å². The van der Waals surface area contributed by atoms with Gasteiger partial charge >= 0.3 is 0 Å². The third kappa shape index (κ3) is 3.49. The molecule has 0 spiro atoms. The number of H-pyrrole nitrogens is 1. The molecule has 0 bridgehead atoms. The first kappa shape index (κ1) is 13.8. The fraction of sp³-hybridized carbons (Fsp3) is 0.375. The zero-order chi connectivity index (χ0) is 14.7. The molecule has 2 heterocycles. The number of aromatic nitrogens is 4. The van der Waals surface area contributed by atoms with Gasteiger partial charge in [0.2, 0.25) is 0 Å². The largest absolute Gasteiger partial charge is 0.342 e. The molecule has 0 aliphatic rings. The highest BCUT2D eigenvalue weighted by atomic mass is 15.3. The predicted molar refractivity (Wildman–Crippen MR) is 84.0 cm³/mol. The Morgan fingerprint density at radius 1 is 1.38 bits per heavy atom. The van der Waals surface area contributed by atoms with E-state index in [0.717, 1.165) is 36.4 Å².